The van der Waals surface area contributed by atoms with Gasteiger partial charge in [0, 0.05) is 18.4 Å². The van der Waals surface area contributed by atoms with E-state index in [0.29, 0.717) is 0 Å². The molecular weight excluding hydrogens is 138 g/mol. The number of hydrogen-bond acceptors (Lipinski definition) is 3. The lowest BCUT2D eigenvalue weighted by Crippen LogP contribution is -2.32. The summed E-state index contributed by atoms with van der Waals surface area (Å²) >= 11 is 0. The fourth-order valence-corrected chi connectivity index (χ4v) is 0.898. The van der Waals surface area contributed by atoms with Crippen LogP contribution in [0.4, 0.5) is 0 Å². The number of aliphatic imine (C=N–C) groups is 1. The Hall–Kier alpha value is -0.830. The highest BCUT2D eigenvalue weighted by Gasteiger charge is 2.01. The second-order valence-electron chi connectivity index (χ2n) is 2.64. The van der Waals surface area contributed by atoms with Gasteiger partial charge in [0.2, 0.25) is 0 Å². The average Bonchev–Trinajstić information content (AvgIpc) is 2.04. The third-order valence-corrected chi connectivity index (χ3v) is 1.59. The summed E-state index contributed by atoms with van der Waals surface area (Å²) in [7, 11) is 0. The molecule has 2 N–H and O–H groups in total. The SMILES string of the molecule is CCNCC1=NC=C(C)NC1. The summed E-state index contributed by atoms with van der Waals surface area (Å²) in [6, 6.07) is 0. The zero-order valence-corrected chi connectivity index (χ0v) is 7.15. The van der Waals surface area contributed by atoms with Crippen LogP contribution in [-0.2, 0) is 0 Å². The predicted molar refractivity (Wildman–Crippen MR) is 47.7 cm³/mol. The highest BCUT2D eigenvalue weighted by Crippen LogP contribution is 1.94. The predicted octanol–water partition coefficient (Wildman–Crippen LogP) is 0.501. The lowest BCUT2D eigenvalue weighted by molar-refractivity contribution is 0.793. The van der Waals surface area contributed by atoms with Gasteiger partial charge in [-0.1, -0.05) is 6.92 Å². The van der Waals surface area contributed by atoms with Gasteiger partial charge in [-0.3, -0.25) is 4.99 Å². The Balaban J connectivity index is 2.35. The quantitative estimate of drug-likeness (QED) is 0.619. The molecule has 0 spiro atoms. The van der Waals surface area contributed by atoms with Crippen molar-refractivity contribution in [3.63, 3.8) is 0 Å². The van der Waals surface area contributed by atoms with E-state index in [1.165, 1.54) is 5.71 Å². The van der Waals surface area contributed by atoms with E-state index in [-0.39, 0.29) is 0 Å². The van der Waals surface area contributed by atoms with E-state index in [1.807, 2.05) is 13.1 Å². The first-order valence-electron chi connectivity index (χ1n) is 4.00. The Kier molecular flexibility index (Phi) is 3.11. The van der Waals surface area contributed by atoms with Gasteiger partial charge in [-0.05, 0) is 13.5 Å². The minimum Gasteiger partial charge on any atom is -0.382 e. The summed E-state index contributed by atoms with van der Waals surface area (Å²) < 4.78 is 0. The molecule has 0 saturated carbocycles. The molecule has 0 aliphatic carbocycles. The smallest absolute Gasteiger partial charge is 0.0544 e. The molecule has 0 unspecified atom stereocenters. The van der Waals surface area contributed by atoms with Gasteiger partial charge >= 0.3 is 0 Å². The number of nitrogens with one attached hydrogen (secondary N) is 2. The Labute approximate surface area is 67.6 Å². The van der Waals surface area contributed by atoms with Crippen LogP contribution in [0.3, 0.4) is 0 Å². The van der Waals surface area contributed by atoms with Crippen molar-refractivity contribution in [2.24, 2.45) is 4.99 Å². The van der Waals surface area contributed by atoms with Gasteiger partial charge in [0.05, 0.1) is 12.3 Å². The molecular formula is C8H15N3. The number of hydrogen-bond donors (Lipinski definition) is 2. The molecule has 3 heteroatoms. The van der Waals surface area contributed by atoms with Crippen molar-refractivity contribution in [2.45, 2.75) is 13.8 Å². The van der Waals surface area contributed by atoms with Crippen LogP contribution >= 0.6 is 0 Å². The fraction of sp³-hybridized carbons (Fsp3) is 0.625. The molecule has 0 aromatic carbocycles. The van der Waals surface area contributed by atoms with Gasteiger partial charge in [-0.25, -0.2) is 0 Å². The molecule has 0 bridgehead atoms. The van der Waals surface area contributed by atoms with Crippen molar-refractivity contribution in [3.05, 3.63) is 11.9 Å². The van der Waals surface area contributed by atoms with E-state index >= 15 is 0 Å². The average molecular weight is 153 g/mol. The number of nitrogens with zero attached hydrogens (tertiary/aromatic N) is 1. The first kappa shape index (κ1) is 8.27. The van der Waals surface area contributed by atoms with Crippen LogP contribution < -0.4 is 10.6 Å². The van der Waals surface area contributed by atoms with Crippen LogP contribution in [-0.4, -0.2) is 25.3 Å². The van der Waals surface area contributed by atoms with Crippen LogP contribution in [0, 0.1) is 0 Å². The Morgan fingerprint density at radius 2 is 2.55 bits per heavy atom. The maximum absolute atomic E-state index is 4.28. The van der Waals surface area contributed by atoms with E-state index in [1.54, 1.807) is 0 Å². The molecule has 1 aliphatic rings. The van der Waals surface area contributed by atoms with Gasteiger partial charge < -0.3 is 10.6 Å². The topological polar surface area (TPSA) is 36.4 Å². The van der Waals surface area contributed by atoms with E-state index in [4.69, 9.17) is 0 Å². The maximum Gasteiger partial charge on any atom is 0.0544 e. The van der Waals surface area contributed by atoms with Crippen molar-refractivity contribution < 1.29 is 0 Å². The number of rotatable bonds is 3. The van der Waals surface area contributed by atoms with E-state index in [2.05, 4.69) is 22.5 Å². The molecule has 1 rings (SSSR count). The summed E-state index contributed by atoms with van der Waals surface area (Å²) in [5.41, 5.74) is 2.32. The highest BCUT2D eigenvalue weighted by atomic mass is 15.0. The molecule has 0 amide bonds. The van der Waals surface area contributed by atoms with E-state index < -0.39 is 0 Å². The molecule has 0 saturated heterocycles. The van der Waals surface area contributed by atoms with Crippen LogP contribution in [0.15, 0.2) is 16.9 Å². The lowest BCUT2D eigenvalue weighted by atomic mass is 10.3. The van der Waals surface area contributed by atoms with Gasteiger partial charge in [-0.15, -0.1) is 0 Å². The van der Waals surface area contributed by atoms with Crippen molar-refractivity contribution >= 4 is 5.71 Å². The second-order valence-corrected chi connectivity index (χ2v) is 2.64. The summed E-state index contributed by atoms with van der Waals surface area (Å²) in [5.74, 6) is 0. The summed E-state index contributed by atoms with van der Waals surface area (Å²) in [4.78, 5) is 4.28. The summed E-state index contributed by atoms with van der Waals surface area (Å²) in [6.07, 6.45) is 1.87. The monoisotopic (exact) mass is 153 g/mol. The third-order valence-electron chi connectivity index (χ3n) is 1.59. The van der Waals surface area contributed by atoms with Crippen LogP contribution in [0.2, 0.25) is 0 Å². The highest BCUT2D eigenvalue weighted by molar-refractivity contribution is 5.89. The largest absolute Gasteiger partial charge is 0.382 e. The molecule has 0 aromatic heterocycles. The summed E-state index contributed by atoms with van der Waals surface area (Å²) in [5, 5.41) is 6.46. The van der Waals surface area contributed by atoms with Crippen LogP contribution in [0.1, 0.15) is 13.8 Å². The van der Waals surface area contributed by atoms with Gasteiger partial charge in [0.15, 0.2) is 0 Å². The summed E-state index contributed by atoms with van der Waals surface area (Å²) in [6.45, 7) is 6.90. The van der Waals surface area contributed by atoms with Gasteiger partial charge in [0.25, 0.3) is 0 Å². The zero-order valence-electron chi connectivity index (χ0n) is 7.15. The standard InChI is InChI=1S/C8H15N3/c1-3-9-5-8-6-10-7(2)4-11-8/h4,9-10H,3,5-6H2,1-2H3. The minimum absolute atomic E-state index is 0.884. The van der Waals surface area contributed by atoms with Crippen LogP contribution in [0.25, 0.3) is 0 Å². The van der Waals surface area contributed by atoms with Crippen molar-refractivity contribution in [3.8, 4) is 0 Å². The number of allylic oxidation sites excluding steroid dienone is 1. The molecule has 1 aliphatic heterocycles. The van der Waals surface area contributed by atoms with Gasteiger partial charge in [0.1, 0.15) is 0 Å². The van der Waals surface area contributed by atoms with Crippen LogP contribution in [0.5, 0.6) is 0 Å². The first-order valence-corrected chi connectivity index (χ1v) is 4.00. The molecule has 0 radical (unpaired) electrons. The van der Waals surface area contributed by atoms with Gasteiger partial charge in [-0.2, -0.15) is 0 Å². The van der Waals surface area contributed by atoms with Crippen molar-refractivity contribution in [1.82, 2.24) is 10.6 Å². The fourth-order valence-electron chi connectivity index (χ4n) is 0.898. The normalized spacial score (nSPS) is 16.9. The third kappa shape index (κ3) is 2.72. The Morgan fingerprint density at radius 3 is 3.09 bits per heavy atom. The molecule has 0 atom stereocenters. The first-order chi connectivity index (χ1) is 5.33. The van der Waals surface area contributed by atoms with E-state index in [0.717, 1.165) is 25.3 Å². The lowest BCUT2D eigenvalue weighted by Gasteiger charge is -2.13. The van der Waals surface area contributed by atoms with Crippen molar-refractivity contribution in [2.75, 3.05) is 19.6 Å². The Morgan fingerprint density at radius 1 is 1.73 bits per heavy atom. The van der Waals surface area contributed by atoms with Crippen molar-refractivity contribution in [1.29, 1.82) is 0 Å². The minimum atomic E-state index is 0.884. The molecule has 0 fully saturated rings. The molecule has 0 aromatic rings. The second kappa shape index (κ2) is 4.13. The molecule has 11 heavy (non-hydrogen) atoms. The molecule has 62 valence electrons. The molecule has 1 heterocycles. The Bertz CT molecular complexity index is 182. The van der Waals surface area contributed by atoms with E-state index in [9.17, 15) is 0 Å². The molecule has 3 nitrogen and oxygen atoms in total. The maximum atomic E-state index is 4.28. The zero-order chi connectivity index (χ0) is 8.10.